The van der Waals surface area contributed by atoms with E-state index in [-0.39, 0.29) is 24.0 Å². The van der Waals surface area contributed by atoms with Crippen LogP contribution in [0, 0.1) is 0 Å². The second kappa shape index (κ2) is 9.83. The summed E-state index contributed by atoms with van der Waals surface area (Å²) in [7, 11) is 0. The van der Waals surface area contributed by atoms with Gasteiger partial charge < -0.3 is 15.6 Å². The van der Waals surface area contributed by atoms with Gasteiger partial charge in [-0.2, -0.15) is 0 Å². The maximum atomic E-state index is 5.92. The van der Waals surface area contributed by atoms with Crippen LogP contribution >= 0.6 is 24.0 Å². The first kappa shape index (κ1) is 19.0. The van der Waals surface area contributed by atoms with Crippen molar-refractivity contribution in [3.63, 3.8) is 0 Å². The zero-order chi connectivity index (χ0) is 16.6. The zero-order valence-electron chi connectivity index (χ0n) is 13.9. The highest BCUT2D eigenvalue weighted by Crippen LogP contribution is 2.07. The van der Waals surface area contributed by atoms with E-state index in [1.54, 1.807) is 0 Å². The Morgan fingerprint density at radius 2 is 1.72 bits per heavy atom. The highest BCUT2D eigenvalue weighted by atomic mass is 127. The molecule has 0 aliphatic rings. The summed E-state index contributed by atoms with van der Waals surface area (Å²) < 4.78 is 2.14. The Bertz CT molecular complexity index is 784. The third-order valence-corrected chi connectivity index (χ3v) is 3.66. The third-order valence-electron chi connectivity index (χ3n) is 3.66. The van der Waals surface area contributed by atoms with Crippen LogP contribution in [0.25, 0.3) is 0 Å². The number of imidazole rings is 1. The Labute approximate surface area is 165 Å². The van der Waals surface area contributed by atoms with Crippen LogP contribution in [0.15, 0.2) is 78.0 Å². The molecule has 0 spiro atoms. The van der Waals surface area contributed by atoms with Crippen LogP contribution in [-0.4, -0.2) is 22.1 Å². The standard InChI is InChI=1S/C19H21N5.HI/c20-19(23-17-9-5-2-6-10-17)22-12-11-18-21-13-14-24(18)15-16-7-3-1-4-8-16;/h1-10,13-14H,11-12,15H2,(H3,20,22,23);1H. The van der Waals surface area contributed by atoms with Crippen molar-refractivity contribution in [2.24, 2.45) is 10.7 Å². The van der Waals surface area contributed by atoms with Gasteiger partial charge in [0.25, 0.3) is 0 Å². The summed E-state index contributed by atoms with van der Waals surface area (Å²) in [5.41, 5.74) is 8.11. The zero-order valence-corrected chi connectivity index (χ0v) is 16.2. The number of nitrogens with one attached hydrogen (secondary N) is 1. The van der Waals surface area contributed by atoms with E-state index in [1.807, 2.05) is 60.9 Å². The molecule has 0 bridgehead atoms. The molecule has 0 fully saturated rings. The van der Waals surface area contributed by atoms with Crippen LogP contribution in [0.5, 0.6) is 0 Å². The van der Waals surface area contributed by atoms with Gasteiger partial charge in [0, 0.05) is 37.6 Å². The minimum absolute atomic E-state index is 0. The summed E-state index contributed by atoms with van der Waals surface area (Å²) in [6.07, 6.45) is 4.57. The quantitative estimate of drug-likeness (QED) is 0.345. The lowest BCUT2D eigenvalue weighted by Crippen LogP contribution is -2.23. The number of para-hydroxylation sites is 1. The summed E-state index contributed by atoms with van der Waals surface area (Å²) in [5.74, 6) is 1.43. The molecular weight excluding hydrogens is 425 g/mol. The topological polar surface area (TPSA) is 68.2 Å². The number of aromatic nitrogens is 2. The summed E-state index contributed by atoms with van der Waals surface area (Å²) >= 11 is 0. The molecule has 2 aromatic carbocycles. The molecule has 0 aliphatic carbocycles. The number of benzene rings is 2. The van der Waals surface area contributed by atoms with Gasteiger partial charge in [-0.25, -0.2) is 4.98 Å². The molecule has 0 amide bonds. The van der Waals surface area contributed by atoms with E-state index < -0.39 is 0 Å². The molecule has 0 radical (unpaired) electrons. The SMILES string of the molecule is I.NC(=NCCc1nccn1Cc1ccccc1)Nc1ccccc1. The third kappa shape index (κ3) is 5.90. The van der Waals surface area contributed by atoms with Gasteiger partial charge >= 0.3 is 0 Å². The average molecular weight is 447 g/mol. The summed E-state index contributed by atoms with van der Waals surface area (Å²) in [6.45, 7) is 1.41. The Morgan fingerprint density at radius 3 is 2.44 bits per heavy atom. The minimum Gasteiger partial charge on any atom is -0.370 e. The lowest BCUT2D eigenvalue weighted by Gasteiger charge is -2.08. The minimum atomic E-state index is 0. The average Bonchev–Trinajstić information content (AvgIpc) is 3.04. The van der Waals surface area contributed by atoms with Crippen LogP contribution in [0.2, 0.25) is 0 Å². The van der Waals surface area contributed by atoms with E-state index in [0.29, 0.717) is 12.5 Å². The van der Waals surface area contributed by atoms with Crippen molar-refractivity contribution in [3.8, 4) is 0 Å². The lowest BCUT2D eigenvalue weighted by molar-refractivity contribution is 0.716. The molecule has 0 aliphatic heterocycles. The van der Waals surface area contributed by atoms with E-state index in [1.165, 1.54) is 5.56 Å². The number of rotatable bonds is 6. The van der Waals surface area contributed by atoms with Crippen molar-refractivity contribution in [3.05, 3.63) is 84.4 Å². The fourth-order valence-electron chi connectivity index (χ4n) is 2.48. The number of nitrogens with two attached hydrogens (primary N) is 1. The number of guanidine groups is 1. The maximum Gasteiger partial charge on any atom is 0.193 e. The van der Waals surface area contributed by atoms with E-state index in [9.17, 15) is 0 Å². The number of anilines is 1. The summed E-state index contributed by atoms with van der Waals surface area (Å²) in [6, 6.07) is 20.1. The Balaban J connectivity index is 0.00000225. The van der Waals surface area contributed by atoms with Gasteiger partial charge in [0.2, 0.25) is 0 Å². The molecule has 0 saturated heterocycles. The van der Waals surface area contributed by atoms with Gasteiger partial charge in [-0.05, 0) is 17.7 Å². The first-order valence-electron chi connectivity index (χ1n) is 7.97. The van der Waals surface area contributed by atoms with Gasteiger partial charge in [0.15, 0.2) is 5.96 Å². The normalized spacial score (nSPS) is 11.0. The smallest absolute Gasteiger partial charge is 0.193 e. The monoisotopic (exact) mass is 447 g/mol. The van der Waals surface area contributed by atoms with E-state index in [4.69, 9.17) is 5.73 Å². The fraction of sp³-hybridized carbons (Fsp3) is 0.158. The number of hydrogen-bond acceptors (Lipinski definition) is 2. The molecule has 5 nitrogen and oxygen atoms in total. The van der Waals surface area contributed by atoms with Gasteiger partial charge in [0.05, 0.1) is 0 Å². The van der Waals surface area contributed by atoms with Crippen LogP contribution in [0.4, 0.5) is 5.69 Å². The van der Waals surface area contributed by atoms with E-state index in [2.05, 4.69) is 32.0 Å². The molecule has 130 valence electrons. The second-order valence-electron chi connectivity index (χ2n) is 5.46. The predicted molar refractivity (Wildman–Crippen MR) is 113 cm³/mol. The van der Waals surface area contributed by atoms with Crippen molar-refractivity contribution in [2.45, 2.75) is 13.0 Å². The fourth-order valence-corrected chi connectivity index (χ4v) is 2.48. The molecule has 0 unspecified atom stereocenters. The number of halogens is 1. The van der Waals surface area contributed by atoms with Crippen molar-refractivity contribution >= 4 is 35.6 Å². The van der Waals surface area contributed by atoms with Gasteiger partial charge in [-0.3, -0.25) is 4.99 Å². The molecule has 3 rings (SSSR count). The highest BCUT2D eigenvalue weighted by Gasteiger charge is 2.03. The Morgan fingerprint density at radius 1 is 1.04 bits per heavy atom. The molecule has 1 aromatic heterocycles. The van der Waals surface area contributed by atoms with Crippen molar-refractivity contribution in [1.82, 2.24) is 9.55 Å². The van der Waals surface area contributed by atoms with Gasteiger partial charge in [-0.15, -0.1) is 24.0 Å². The molecule has 3 N–H and O–H groups in total. The van der Waals surface area contributed by atoms with Crippen LogP contribution < -0.4 is 11.1 Å². The Kier molecular flexibility index (Phi) is 7.46. The predicted octanol–water partition coefficient (Wildman–Crippen LogP) is 3.52. The maximum absolute atomic E-state index is 5.92. The van der Waals surface area contributed by atoms with Crippen molar-refractivity contribution in [1.29, 1.82) is 0 Å². The molecule has 0 atom stereocenters. The number of nitrogens with zero attached hydrogens (tertiary/aromatic N) is 3. The first-order valence-corrected chi connectivity index (χ1v) is 7.97. The largest absolute Gasteiger partial charge is 0.370 e. The molecule has 3 aromatic rings. The van der Waals surface area contributed by atoms with Crippen LogP contribution in [-0.2, 0) is 13.0 Å². The lowest BCUT2D eigenvalue weighted by atomic mass is 10.2. The van der Waals surface area contributed by atoms with Gasteiger partial charge in [0.1, 0.15) is 5.82 Å². The Hall–Kier alpha value is -2.35. The van der Waals surface area contributed by atoms with Gasteiger partial charge in [-0.1, -0.05) is 48.5 Å². The van der Waals surface area contributed by atoms with Crippen molar-refractivity contribution < 1.29 is 0 Å². The first-order chi connectivity index (χ1) is 11.8. The molecule has 1 heterocycles. The molecule has 25 heavy (non-hydrogen) atoms. The summed E-state index contributed by atoms with van der Waals surface area (Å²) in [4.78, 5) is 8.80. The molecule has 6 heteroatoms. The van der Waals surface area contributed by atoms with Crippen LogP contribution in [0.3, 0.4) is 0 Å². The van der Waals surface area contributed by atoms with E-state index >= 15 is 0 Å². The molecule has 0 saturated carbocycles. The summed E-state index contributed by atoms with van der Waals surface area (Å²) in [5, 5.41) is 3.08. The molecular formula is C19H22IN5. The number of aliphatic imine (C=N–C) groups is 1. The van der Waals surface area contributed by atoms with Crippen LogP contribution in [0.1, 0.15) is 11.4 Å². The number of hydrogen-bond donors (Lipinski definition) is 2. The second-order valence-corrected chi connectivity index (χ2v) is 5.46. The van der Waals surface area contributed by atoms with E-state index in [0.717, 1.165) is 24.5 Å². The highest BCUT2D eigenvalue weighted by molar-refractivity contribution is 14.0. The van der Waals surface area contributed by atoms with Crippen molar-refractivity contribution in [2.75, 3.05) is 11.9 Å².